The van der Waals surface area contributed by atoms with Gasteiger partial charge in [-0.1, -0.05) is 24.3 Å². The predicted molar refractivity (Wildman–Crippen MR) is 81.2 cm³/mol. The number of carbonyl (C=O) groups is 1. The molecule has 0 saturated carbocycles. The van der Waals surface area contributed by atoms with Gasteiger partial charge in [-0.3, -0.25) is 4.79 Å². The van der Waals surface area contributed by atoms with Crippen LogP contribution < -0.4 is 10.6 Å². The number of hydrogen-bond donors (Lipinski definition) is 2. The fourth-order valence-electron chi connectivity index (χ4n) is 2.31. The van der Waals surface area contributed by atoms with Crippen molar-refractivity contribution in [3.05, 3.63) is 35.4 Å². The van der Waals surface area contributed by atoms with Crippen LogP contribution in [0, 0.1) is 0 Å². The van der Waals surface area contributed by atoms with Gasteiger partial charge in [-0.05, 0) is 25.0 Å². The summed E-state index contributed by atoms with van der Waals surface area (Å²) >= 11 is 1.95. The van der Waals surface area contributed by atoms with Crippen LogP contribution in [-0.2, 0) is 10.5 Å². The lowest BCUT2D eigenvalue weighted by Gasteiger charge is -2.26. The Labute approximate surface area is 119 Å². The first kappa shape index (κ1) is 14.4. The molecule has 2 N–H and O–H groups in total. The Kier molecular flexibility index (Phi) is 5.28. The van der Waals surface area contributed by atoms with Gasteiger partial charge in [0.1, 0.15) is 0 Å². The van der Waals surface area contributed by atoms with E-state index in [2.05, 4.69) is 34.9 Å². The Morgan fingerprint density at radius 1 is 1.42 bits per heavy atom. The minimum Gasteiger partial charge on any atom is -0.354 e. The van der Waals surface area contributed by atoms with Gasteiger partial charge in [0, 0.05) is 36.6 Å². The molecule has 1 aliphatic heterocycles. The second-order valence-corrected chi connectivity index (χ2v) is 6.22. The molecule has 104 valence electrons. The fourth-order valence-corrected chi connectivity index (χ4v) is 3.44. The van der Waals surface area contributed by atoms with Gasteiger partial charge < -0.3 is 10.6 Å². The molecule has 1 amide bonds. The summed E-state index contributed by atoms with van der Waals surface area (Å²) in [6.45, 7) is 4.71. The van der Waals surface area contributed by atoms with Crippen LogP contribution in [0.15, 0.2) is 24.3 Å². The number of benzene rings is 1. The van der Waals surface area contributed by atoms with Crippen LogP contribution in [-0.4, -0.2) is 24.2 Å². The zero-order valence-electron chi connectivity index (χ0n) is 11.6. The highest BCUT2D eigenvalue weighted by Gasteiger charge is 2.19. The molecular formula is C15H22N2OS. The summed E-state index contributed by atoms with van der Waals surface area (Å²) in [5.41, 5.74) is 2.81. The molecule has 0 spiro atoms. The molecular weight excluding hydrogens is 256 g/mol. The molecule has 2 rings (SSSR count). The first-order valence-corrected chi connectivity index (χ1v) is 8.00. The lowest BCUT2D eigenvalue weighted by atomic mass is 10.0. The van der Waals surface area contributed by atoms with Crippen molar-refractivity contribution >= 4 is 17.7 Å². The molecule has 1 unspecified atom stereocenters. The summed E-state index contributed by atoms with van der Waals surface area (Å²) in [7, 11) is 0. The number of amides is 1. The van der Waals surface area contributed by atoms with E-state index < -0.39 is 0 Å². The molecule has 1 heterocycles. The van der Waals surface area contributed by atoms with Gasteiger partial charge in [0.2, 0.25) is 5.91 Å². The Balaban J connectivity index is 1.83. The topological polar surface area (TPSA) is 41.1 Å². The van der Waals surface area contributed by atoms with E-state index in [1.807, 2.05) is 25.6 Å². The van der Waals surface area contributed by atoms with Crippen molar-refractivity contribution in [2.45, 2.75) is 38.1 Å². The van der Waals surface area contributed by atoms with Crippen LogP contribution in [0.25, 0.3) is 0 Å². The standard InChI is InChI=1S/C15H22N2OS/c1-11(2)17-15(18)7-8-16-14-10-19-9-12-5-3-4-6-13(12)14/h3-6,11,14,16H,7-10H2,1-2H3,(H,17,18). The molecule has 1 aromatic rings. The first-order valence-electron chi connectivity index (χ1n) is 6.85. The van der Waals surface area contributed by atoms with Gasteiger partial charge in [0.15, 0.2) is 0 Å². The second kappa shape index (κ2) is 6.96. The van der Waals surface area contributed by atoms with Crippen LogP contribution in [0.1, 0.15) is 37.4 Å². The average Bonchev–Trinajstić information content (AvgIpc) is 2.38. The van der Waals surface area contributed by atoms with Crippen LogP contribution >= 0.6 is 11.8 Å². The van der Waals surface area contributed by atoms with Crippen molar-refractivity contribution in [2.75, 3.05) is 12.3 Å². The summed E-state index contributed by atoms with van der Waals surface area (Å²) in [4.78, 5) is 11.6. The van der Waals surface area contributed by atoms with Crippen LogP contribution in [0.3, 0.4) is 0 Å². The number of hydrogen-bond acceptors (Lipinski definition) is 3. The molecule has 0 aliphatic carbocycles. The van der Waals surface area contributed by atoms with Crippen LogP contribution in [0.2, 0.25) is 0 Å². The lowest BCUT2D eigenvalue weighted by molar-refractivity contribution is -0.121. The summed E-state index contributed by atoms with van der Waals surface area (Å²) in [6.07, 6.45) is 0.543. The first-order chi connectivity index (χ1) is 9.16. The Morgan fingerprint density at radius 3 is 3.00 bits per heavy atom. The van der Waals surface area contributed by atoms with Gasteiger partial charge in [-0.25, -0.2) is 0 Å². The van der Waals surface area contributed by atoms with E-state index in [0.717, 1.165) is 18.1 Å². The summed E-state index contributed by atoms with van der Waals surface area (Å²) in [5.74, 6) is 2.31. The molecule has 0 bridgehead atoms. The lowest BCUT2D eigenvalue weighted by Crippen LogP contribution is -2.34. The van der Waals surface area contributed by atoms with Gasteiger partial charge >= 0.3 is 0 Å². The zero-order valence-corrected chi connectivity index (χ0v) is 12.4. The SMILES string of the molecule is CC(C)NC(=O)CCNC1CSCc2ccccc21. The van der Waals surface area contributed by atoms with E-state index in [9.17, 15) is 4.79 Å². The van der Waals surface area contributed by atoms with E-state index in [0.29, 0.717) is 12.5 Å². The third-order valence-electron chi connectivity index (χ3n) is 3.17. The number of carbonyl (C=O) groups excluding carboxylic acids is 1. The molecule has 1 aliphatic rings. The van der Waals surface area contributed by atoms with Crippen molar-refractivity contribution in [1.82, 2.24) is 10.6 Å². The van der Waals surface area contributed by atoms with E-state index >= 15 is 0 Å². The molecule has 3 nitrogen and oxygen atoms in total. The molecule has 0 aromatic heterocycles. The van der Waals surface area contributed by atoms with Gasteiger partial charge in [-0.2, -0.15) is 11.8 Å². The van der Waals surface area contributed by atoms with Crippen molar-refractivity contribution < 1.29 is 4.79 Å². The summed E-state index contributed by atoms with van der Waals surface area (Å²) in [6, 6.07) is 9.18. The molecule has 1 aromatic carbocycles. The number of fused-ring (bicyclic) bond motifs is 1. The van der Waals surface area contributed by atoms with E-state index in [-0.39, 0.29) is 11.9 Å². The predicted octanol–water partition coefficient (Wildman–Crippen LogP) is 2.48. The van der Waals surface area contributed by atoms with Crippen molar-refractivity contribution in [1.29, 1.82) is 0 Å². The highest BCUT2D eigenvalue weighted by Crippen LogP contribution is 2.31. The quantitative estimate of drug-likeness (QED) is 0.869. The fraction of sp³-hybridized carbons (Fsp3) is 0.533. The van der Waals surface area contributed by atoms with Crippen molar-refractivity contribution in [3.63, 3.8) is 0 Å². The zero-order chi connectivity index (χ0) is 13.7. The minimum atomic E-state index is 0.124. The molecule has 0 fully saturated rings. The van der Waals surface area contributed by atoms with E-state index in [4.69, 9.17) is 0 Å². The van der Waals surface area contributed by atoms with E-state index in [1.54, 1.807) is 0 Å². The van der Waals surface area contributed by atoms with Crippen molar-refractivity contribution in [2.24, 2.45) is 0 Å². The van der Waals surface area contributed by atoms with Crippen LogP contribution in [0.5, 0.6) is 0 Å². The smallest absolute Gasteiger partial charge is 0.221 e. The Hall–Kier alpha value is -1.00. The summed E-state index contributed by atoms with van der Waals surface area (Å²) in [5, 5.41) is 6.42. The Bertz CT molecular complexity index is 434. The molecule has 1 atom stereocenters. The van der Waals surface area contributed by atoms with Crippen LogP contribution in [0.4, 0.5) is 0 Å². The summed E-state index contributed by atoms with van der Waals surface area (Å²) < 4.78 is 0. The van der Waals surface area contributed by atoms with Gasteiger partial charge in [0.05, 0.1) is 0 Å². The molecule has 19 heavy (non-hydrogen) atoms. The largest absolute Gasteiger partial charge is 0.354 e. The third-order valence-corrected chi connectivity index (χ3v) is 4.25. The molecule has 0 radical (unpaired) electrons. The monoisotopic (exact) mass is 278 g/mol. The molecule has 4 heteroatoms. The number of rotatable bonds is 5. The number of nitrogens with one attached hydrogen (secondary N) is 2. The normalized spacial score (nSPS) is 18.2. The van der Waals surface area contributed by atoms with Gasteiger partial charge in [0.25, 0.3) is 0 Å². The maximum Gasteiger partial charge on any atom is 0.221 e. The van der Waals surface area contributed by atoms with Crippen molar-refractivity contribution in [3.8, 4) is 0 Å². The third kappa shape index (κ3) is 4.25. The number of thioether (sulfide) groups is 1. The van der Waals surface area contributed by atoms with Gasteiger partial charge in [-0.15, -0.1) is 0 Å². The highest BCUT2D eigenvalue weighted by atomic mass is 32.2. The van der Waals surface area contributed by atoms with E-state index in [1.165, 1.54) is 11.1 Å². The molecule has 0 saturated heterocycles. The maximum absolute atomic E-state index is 11.6. The highest BCUT2D eigenvalue weighted by molar-refractivity contribution is 7.98. The average molecular weight is 278 g/mol. The maximum atomic E-state index is 11.6. The minimum absolute atomic E-state index is 0.124. The second-order valence-electron chi connectivity index (χ2n) is 5.19. The Morgan fingerprint density at radius 2 is 2.21 bits per heavy atom.